The Morgan fingerprint density at radius 2 is 1.76 bits per heavy atom. The third-order valence-corrected chi connectivity index (χ3v) is 4.94. The Morgan fingerprint density at radius 1 is 1.00 bits per heavy atom. The summed E-state index contributed by atoms with van der Waals surface area (Å²) >= 11 is 10.9. The molecule has 0 amide bonds. The molecular formula is C17H18Br3N. The van der Waals surface area contributed by atoms with Gasteiger partial charge in [0.2, 0.25) is 0 Å². The fourth-order valence-corrected chi connectivity index (χ4v) is 3.84. The van der Waals surface area contributed by atoms with Gasteiger partial charge in [0.25, 0.3) is 0 Å². The zero-order chi connectivity index (χ0) is 15.4. The lowest BCUT2D eigenvalue weighted by Gasteiger charge is -2.22. The Morgan fingerprint density at radius 3 is 2.43 bits per heavy atom. The van der Waals surface area contributed by atoms with E-state index < -0.39 is 0 Å². The van der Waals surface area contributed by atoms with Gasteiger partial charge in [0.15, 0.2) is 0 Å². The lowest BCUT2D eigenvalue weighted by molar-refractivity contribution is 0.596. The van der Waals surface area contributed by atoms with Gasteiger partial charge in [-0.15, -0.1) is 0 Å². The molecule has 2 aromatic rings. The second-order valence-electron chi connectivity index (χ2n) is 5.11. The molecule has 0 aromatic heterocycles. The van der Waals surface area contributed by atoms with Gasteiger partial charge in [-0.2, -0.15) is 0 Å². The molecule has 21 heavy (non-hydrogen) atoms. The molecule has 2 rings (SSSR count). The zero-order valence-corrected chi connectivity index (χ0v) is 16.8. The van der Waals surface area contributed by atoms with Gasteiger partial charge in [-0.05, 0) is 66.9 Å². The third-order valence-electron chi connectivity index (χ3n) is 3.27. The molecule has 0 aliphatic rings. The largest absolute Gasteiger partial charge is 0.306 e. The molecule has 4 heteroatoms. The van der Waals surface area contributed by atoms with Crippen LogP contribution in [0.25, 0.3) is 0 Å². The van der Waals surface area contributed by atoms with E-state index in [0.29, 0.717) is 0 Å². The van der Waals surface area contributed by atoms with Crippen LogP contribution in [0.5, 0.6) is 0 Å². The lowest BCUT2D eigenvalue weighted by atomic mass is 9.97. The number of benzene rings is 2. The Hall–Kier alpha value is -0.160. The van der Waals surface area contributed by atoms with Gasteiger partial charge in [-0.3, -0.25) is 0 Å². The van der Waals surface area contributed by atoms with E-state index in [2.05, 4.69) is 103 Å². The molecule has 0 spiro atoms. The van der Waals surface area contributed by atoms with Crippen molar-refractivity contribution in [3.8, 4) is 0 Å². The molecule has 0 saturated heterocycles. The van der Waals surface area contributed by atoms with E-state index >= 15 is 0 Å². The molecule has 2 aromatic carbocycles. The maximum Gasteiger partial charge on any atom is 0.0588 e. The van der Waals surface area contributed by atoms with Crippen LogP contribution < -0.4 is 5.32 Å². The smallest absolute Gasteiger partial charge is 0.0588 e. The molecule has 0 bridgehead atoms. The van der Waals surface area contributed by atoms with Crippen molar-refractivity contribution in [2.45, 2.75) is 26.3 Å². The van der Waals surface area contributed by atoms with Gasteiger partial charge < -0.3 is 5.32 Å². The fourth-order valence-electron chi connectivity index (χ4n) is 2.36. The number of rotatable bonds is 5. The minimum atomic E-state index is 0.174. The van der Waals surface area contributed by atoms with Crippen LogP contribution in [0.15, 0.2) is 49.8 Å². The topological polar surface area (TPSA) is 12.0 Å². The third kappa shape index (κ3) is 4.65. The highest BCUT2D eigenvalue weighted by molar-refractivity contribution is 9.11. The van der Waals surface area contributed by atoms with Crippen molar-refractivity contribution in [2.24, 2.45) is 0 Å². The van der Waals surface area contributed by atoms with Crippen molar-refractivity contribution < 1.29 is 0 Å². The lowest BCUT2D eigenvalue weighted by Crippen LogP contribution is -2.23. The van der Waals surface area contributed by atoms with Crippen molar-refractivity contribution in [2.75, 3.05) is 6.54 Å². The van der Waals surface area contributed by atoms with E-state index in [1.807, 2.05) is 0 Å². The summed E-state index contributed by atoms with van der Waals surface area (Å²) < 4.78 is 3.33. The predicted molar refractivity (Wildman–Crippen MR) is 101 cm³/mol. The Bertz CT molecular complexity index is 605. The number of halogens is 3. The molecule has 1 N–H and O–H groups in total. The Kier molecular flexibility index (Phi) is 6.48. The van der Waals surface area contributed by atoms with Crippen LogP contribution in [0, 0.1) is 6.92 Å². The molecule has 0 radical (unpaired) electrons. The van der Waals surface area contributed by atoms with Crippen molar-refractivity contribution in [3.05, 3.63) is 66.5 Å². The van der Waals surface area contributed by atoms with E-state index in [1.54, 1.807) is 0 Å². The molecular weight excluding hydrogens is 458 g/mol. The number of aryl methyl sites for hydroxylation is 1. The van der Waals surface area contributed by atoms with Crippen molar-refractivity contribution in [1.82, 2.24) is 5.32 Å². The second-order valence-corrected chi connectivity index (χ2v) is 7.80. The first-order valence-electron chi connectivity index (χ1n) is 6.96. The van der Waals surface area contributed by atoms with Crippen molar-refractivity contribution in [3.63, 3.8) is 0 Å². The van der Waals surface area contributed by atoms with Crippen LogP contribution in [0.3, 0.4) is 0 Å². The van der Waals surface area contributed by atoms with Crippen LogP contribution in [0.2, 0.25) is 0 Å². The summed E-state index contributed by atoms with van der Waals surface area (Å²) in [4.78, 5) is 0. The molecule has 112 valence electrons. The van der Waals surface area contributed by atoms with E-state index in [1.165, 1.54) is 16.7 Å². The summed E-state index contributed by atoms with van der Waals surface area (Å²) in [6, 6.07) is 13.1. The Labute approximate surface area is 151 Å². The summed E-state index contributed by atoms with van der Waals surface area (Å²) in [7, 11) is 0. The minimum Gasteiger partial charge on any atom is -0.306 e. The van der Waals surface area contributed by atoms with Crippen LogP contribution in [-0.4, -0.2) is 6.54 Å². The first kappa shape index (κ1) is 17.2. The van der Waals surface area contributed by atoms with Gasteiger partial charge in [0.05, 0.1) is 6.04 Å². The predicted octanol–water partition coefficient (Wildman–Crippen LogP) is 6.37. The average Bonchev–Trinajstić information content (AvgIpc) is 2.42. The highest BCUT2D eigenvalue weighted by Crippen LogP contribution is 2.32. The molecule has 0 aliphatic carbocycles. The van der Waals surface area contributed by atoms with Crippen molar-refractivity contribution in [1.29, 1.82) is 0 Å². The molecule has 0 fully saturated rings. The zero-order valence-electron chi connectivity index (χ0n) is 12.1. The van der Waals surface area contributed by atoms with E-state index in [-0.39, 0.29) is 6.04 Å². The monoisotopic (exact) mass is 473 g/mol. The van der Waals surface area contributed by atoms with Gasteiger partial charge in [0.1, 0.15) is 0 Å². The van der Waals surface area contributed by atoms with E-state index in [9.17, 15) is 0 Å². The van der Waals surface area contributed by atoms with Crippen molar-refractivity contribution >= 4 is 47.8 Å². The molecule has 0 heterocycles. The molecule has 0 saturated carbocycles. The SMILES string of the molecule is CCCNC(c1cc(C)cc(Br)c1)c1cc(Br)ccc1Br. The van der Waals surface area contributed by atoms with E-state index in [0.717, 1.165) is 26.4 Å². The van der Waals surface area contributed by atoms with Crippen LogP contribution in [0.4, 0.5) is 0 Å². The number of hydrogen-bond acceptors (Lipinski definition) is 1. The summed E-state index contributed by atoms with van der Waals surface area (Å²) in [6.07, 6.45) is 1.11. The van der Waals surface area contributed by atoms with Gasteiger partial charge in [-0.25, -0.2) is 0 Å². The molecule has 1 nitrogen and oxygen atoms in total. The van der Waals surface area contributed by atoms with Gasteiger partial charge in [0, 0.05) is 13.4 Å². The average molecular weight is 476 g/mol. The molecule has 1 unspecified atom stereocenters. The highest BCUT2D eigenvalue weighted by Gasteiger charge is 2.17. The van der Waals surface area contributed by atoms with Crippen LogP contribution in [-0.2, 0) is 0 Å². The summed E-state index contributed by atoms with van der Waals surface area (Å²) in [6.45, 7) is 5.29. The maximum atomic E-state index is 3.68. The summed E-state index contributed by atoms with van der Waals surface area (Å²) in [5.74, 6) is 0. The standard InChI is InChI=1S/C17H18Br3N/c1-3-6-21-17(12-7-11(2)8-14(19)9-12)15-10-13(18)4-5-16(15)20/h4-5,7-10,17,21H,3,6H2,1-2H3. The highest BCUT2D eigenvalue weighted by atomic mass is 79.9. The molecule has 1 atom stereocenters. The maximum absolute atomic E-state index is 3.68. The minimum absolute atomic E-state index is 0.174. The Balaban J connectivity index is 2.49. The molecule has 0 aliphatic heterocycles. The first-order chi connectivity index (χ1) is 10.0. The summed E-state index contributed by atoms with van der Waals surface area (Å²) in [5, 5.41) is 3.65. The number of nitrogens with one attached hydrogen (secondary N) is 1. The fraction of sp³-hybridized carbons (Fsp3) is 0.294. The number of hydrogen-bond donors (Lipinski definition) is 1. The van der Waals surface area contributed by atoms with Crippen LogP contribution in [0.1, 0.15) is 36.1 Å². The quantitative estimate of drug-likeness (QED) is 0.529. The normalized spacial score (nSPS) is 12.4. The van der Waals surface area contributed by atoms with E-state index in [4.69, 9.17) is 0 Å². The van der Waals surface area contributed by atoms with Gasteiger partial charge in [-0.1, -0.05) is 60.8 Å². The van der Waals surface area contributed by atoms with Gasteiger partial charge >= 0.3 is 0 Å². The van der Waals surface area contributed by atoms with Crippen LogP contribution >= 0.6 is 47.8 Å². The summed E-state index contributed by atoms with van der Waals surface area (Å²) in [5.41, 5.74) is 3.78. The second kappa shape index (κ2) is 7.91. The first-order valence-corrected chi connectivity index (χ1v) is 9.34.